The minimum atomic E-state index is 0.595. The van der Waals surface area contributed by atoms with Gasteiger partial charge in [-0.25, -0.2) is 15.0 Å². The number of para-hydroxylation sites is 3. The van der Waals surface area contributed by atoms with Crippen molar-refractivity contribution >= 4 is 65.6 Å². The highest BCUT2D eigenvalue weighted by Crippen LogP contribution is 2.39. The third-order valence-electron chi connectivity index (χ3n) is 12.4. The van der Waals surface area contributed by atoms with Gasteiger partial charge in [0.25, 0.3) is 0 Å². The molecule has 4 heterocycles. The summed E-state index contributed by atoms with van der Waals surface area (Å²) in [5, 5.41) is 6.77. The van der Waals surface area contributed by atoms with Gasteiger partial charge in [0.1, 0.15) is 11.2 Å². The van der Waals surface area contributed by atoms with Crippen molar-refractivity contribution in [2.75, 3.05) is 0 Å². The van der Waals surface area contributed by atoms with E-state index >= 15 is 0 Å². The highest BCUT2D eigenvalue weighted by molar-refractivity contribution is 6.12. The fourth-order valence-electron chi connectivity index (χ4n) is 9.42. The molecule has 0 saturated heterocycles. The van der Waals surface area contributed by atoms with Crippen molar-refractivity contribution in [2.24, 2.45) is 0 Å². The highest BCUT2D eigenvalue weighted by Gasteiger charge is 2.19. The minimum Gasteiger partial charge on any atom is -0.456 e. The van der Waals surface area contributed by atoms with E-state index in [1.807, 2.05) is 42.5 Å². The van der Waals surface area contributed by atoms with E-state index in [9.17, 15) is 0 Å². The molecule has 0 aliphatic heterocycles. The lowest BCUT2D eigenvalue weighted by Gasteiger charge is -2.10. The second kappa shape index (κ2) is 14.0. The molecule has 6 heteroatoms. The number of rotatable bonds is 6. The van der Waals surface area contributed by atoms with Crippen molar-refractivity contribution < 1.29 is 4.42 Å². The Hall–Kier alpha value is -8.61. The van der Waals surface area contributed by atoms with Gasteiger partial charge < -0.3 is 13.6 Å². The molecule has 294 valence electrons. The molecule has 6 nitrogen and oxygen atoms in total. The number of nitrogens with zero attached hydrogens (tertiary/aromatic N) is 5. The molecular formula is C57H35N5O. The van der Waals surface area contributed by atoms with E-state index in [0.29, 0.717) is 17.5 Å². The van der Waals surface area contributed by atoms with Gasteiger partial charge in [-0.3, -0.25) is 0 Å². The van der Waals surface area contributed by atoms with Crippen LogP contribution >= 0.6 is 0 Å². The summed E-state index contributed by atoms with van der Waals surface area (Å²) in [4.78, 5) is 15.4. The van der Waals surface area contributed by atoms with Crippen LogP contribution in [0.5, 0.6) is 0 Å². The molecule has 0 aliphatic rings. The Morgan fingerprint density at radius 1 is 0.270 bits per heavy atom. The molecule has 4 aromatic heterocycles. The van der Waals surface area contributed by atoms with E-state index in [2.05, 4.69) is 179 Å². The van der Waals surface area contributed by atoms with Crippen molar-refractivity contribution in [1.82, 2.24) is 24.1 Å². The third kappa shape index (κ3) is 5.69. The number of hydrogen-bond donors (Lipinski definition) is 0. The van der Waals surface area contributed by atoms with Crippen molar-refractivity contribution in [2.45, 2.75) is 0 Å². The van der Waals surface area contributed by atoms with Crippen LogP contribution < -0.4 is 0 Å². The number of hydrogen-bond acceptors (Lipinski definition) is 4. The average molecular weight is 806 g/mol. The fourth-order valence-corrected chi connectivity index (χ4v) is 9.42. The van der Waals surface area contributed by atoms with Crippen LogP contribution in [-0.2, 0) is 0 Å². The number of furan rings is 1. The van der Waals surface area contributed by atoms with E-state index in [-0.39, 0.29) is 0 Å². The molecule has 0 atom stereocenters. The van der Waals surface area contributed by atoms with Gasteiger partial charge >= 0.3 is 0 Å². The van der Waals surface area contributed by atoms with Crippen LogP contribution in [0.3, 0.4) is 0 Å². The van der Waals surface area contributed by atoms with Gasteiger partial charge in [0.2, 0.25) is 0 Å². The summed E-state index contributed by atoms with van der Waals surface area (Å²) in [6, 6.07) is 74.4. The predicted octanol–water partition coefficient (Wildman–Crippen LogP) is 14.6. The molecule has 0 spiro atoms. The van der Waals surface area contributed by atoms with Crippen LogP contribution in [0.1, 0.15) is 0 Å². The van der Waals surface area contributed by atoms with Gasteiger partial charge in [-0.1, -0.05) is 127 Å². The van der Waals surface area contributed by atoms with Crippen LogP contribution in [0.25, 0.3) is 122 Å². The maximum absolute atomic E-state index is 6.63. The second-order valence-electron chi connectivity index (χ2n) is 16.0. The van der Waals surface area contributed by atoms with Crippen LogP contribution in [-0.4, -0.2) is 24.1 Å². The van der Waals surface area contributed by atoms with Crippen molar-refractivity contribution in [3.05, 3.63) is 212 Å². The van der Waals surface area contributed by atoms with Gasteiger partial charge in [-0.15, -0.1) is 0 Å². The SMILES string of the molecule is c1ccc(-c2ccc3c4ccccc4n(-c4ccc5c(c4)oc4ccc(-c6nc(-c7ccccc7)nc(-c7ccc8c(c7)c7ccccc7n8-c7ccccc7)n6)cc45)c3c2)cc1. The van der Waals surface area contributed by atoms with Crippen molar-refractivity contribution in [3.8, 4) is 56.7 Å². The summed E-state index contributed by atoms with van der Waals surface area (Å²) in [5.74, 6) is 1.82. The molecule has 0 N–H and O–H groups in total. The molecule has 9 aromatic carbocycles. The molecule has 0 amide bonds. The maximum Gasteiger partial charge on any atom is 0.164 e. The Bertz CT molecular complexity index is 3900. The van der Waals surface area contributed by atoms with E-state index in [4.69, 9.17) is 19.4 Å². The van der Waals surface area contributed by atoms with E-state index in [1.54, 1.807) is 0 Å². The average Bonchev–Trinajstić information content (AvgIpc) is 4.01. The molecule has 13 aromatic rings. The van der Waals surface area contributed by atoms with Gasteiger partial charge in [0, 0.05) is 66.4 Å². The topological polar surface area (TPSA) is 61.7 Å². The van der Waals surface area contributed by atoms with E-state index < -0.39 is 0 Å². The fraction of sp³-hybridized carbons (Fsp3) is 0. The molecule has 0 saturated carbocycles. The maximum atomic E-state index is 6.63. The quantitative estimate of drug-likeness (QED) is 0.168. The molecule has 0 aliphatic carbocycles. The summed E-state index contributed by atoms with van der Waals surface area (Å²) in [6.07, 6.45) is 0. The lowest BCUT2D eigenvalue weighted by Crippen LogP contribution is -2.00. The van der Waals surface area contributed by atoms with E-state index in [0.717, 1.165) is 77.5 Å². The molecule has 13 rings (SSSR count). The molecule has 0 unspecified atom stereocenters. The first kappa shape index (κ1) is 35.2. The summed E-state index contributed by atoms with van der Waals surface area (Å²) in [6.45, 7) is 0. The number of benzene rings is 9. The summed E-state index contributed by atoms with van der Waals surface area (Å²) >= 11 is 0. The number of aromatic nitrogens is 5. The van der Waals surface area contributed by atoms with Gasteiger partial charge in [0.05, 0.1) is 22.1 Å². The van der Waals surface area contributed by atoms with Crippen LogP contribution in [0.2, 0.25) is 0 Å². The first-order chi connectivity index (χ1) is 31.2. The largest absolute Gasteiger partial charge is 0.456 e. The molecule has 63 heavy (non-hydrogen) atoms. The molecule has 0 bridgehead atoms. The number of fused-ring (bicyclic) bond motifs is 9. The monoisotopic (exact) mass is 805 g/mol. The van der Waals surface area contributed by atoms with Gasteiger partial charge in [0.15, 0.2) is 17.5 Å². The Kier molecular flexibility index (Phi) is 7.80. The lowest BCUT2D eigenvalue weighted by molar-refractivity contribution is 0.668. The molecular weight excluding hydrogens is 771 g/mol. The first-order valence-corrected chi connectivity index (χ1v) is 21.2. The standard InChI is InChI=1S/C57H35N5O/c1-4-14-36(15-5-1)38-24-28-45-43-20-10-12-22-49(43)62(52(45)34-38)42-27-29-46-48-33-40(26-31-53(48)63-54(46)35-42)57-59-55(37-16-6-2-7-17-37)58-56(60-57)39-25-30-51-47(32-39)44-21-11-13-23-50(44)61(51)41-18-8-3-9-19-41/h1-35H. The normalized spacial score (nSPS) is 11.8. The van der Waals surface area contributed by atoms with Gasteiger partial charge in [-0.05, 0) is 90.0 Å². The van der Waals surface area contributed by atoms with E-state index in [1.165, 1.54) is 27.3 Å². The van der Waals surface area contributed by atoms with Crippen LogP contribution in [0.4, 0.5) is 0 Å². The van der Waals surface area contributed by atoms with Crippen molar-refractivity contribution in [1.29, 1.82) is 0 Å². The summed E-state index contributed by atoms with van der Waals surface area (Å²) < 4.78 is 11.3. The first-order valence-electron chi connectivity index (χ1n) is 21.2. The zero-order chi connectivity index (χ0) is 41.4. The van der Waals surface area contributed by atoms with Crippen LogP contribution in [0.15, 0.2) is 217 Å². The zero-order valence-corrected chi connectivity index (χ0v) is 33.9. The Morgan fingerprint density at radius 2 is 0.778 bits per heavy atom. The lowest BCUT2D eigenvalue weighted by atomic mass is 10.0. The highest BCUT2D eigenvalue weighted by atomic mass is 16.3. The summed E-state index contributed by atoms with van der Waals surface area (Å²) in [5.41, 5.74) is 13.4. The third-order valence-corrected chi connectivity index (χ3v) is 12.4. The Labute approximate surface area is 361 Å². The van der Waals surface area contributed by atoms with Gasteiger partial charge in [-0.2, -0.15) is 0 Å². The van der Waals surface area contributed by atoms with Crippen LogP contribution in [0, 0.1) is 0 Å². The smallest absolute Gasteiger partial charge is 0.164 e. The van der Waals surface area contributed by atoms with Crippen molar-refractivity contribution in [3.63, 3.8) is 0 Å². The molecule has 0 radical (unpaired) electrons. The minimum absolute atomic E-state index is 0.595. The molecule has 0 fully saturated rings. The predicted molar refractivity (Wildman–Crippen MR) is 258 cm³/mol. The Balaban J connectivity index is 0.947. The second-order valence-corrected chi connectivity index (χ2v) is 16.0. The zero-order valence-electron chi connectivity index (χ0n) is 33.9. The summed E-state index contributed by atoms with van der Waals surface area (Å²) in [7, 11) is 0. The Morgan fingerprint density at radius 3 is 1.49 bits per heavy atom.